The summed E-state index contributed by atoms with van der Waals surface area (Å²) in [7, 11) is 0. The van der Waals surface area contributed by atoms with Gasteiger partial charge < -0.3 is 19.7 Å². The molecule has 1 aromatic heterocycles. The first-order valence-corrected chi connectivity index (χ1v) is 5.77. The molecule has 2 N–H and O–H groups in total. The van der Waals surface area contributed by atoms with E-state index in [4.69, 9.17) is 19.7 Å². The maximum atomic E-state index is 6.04. The van der Waals surface area contributed by atoms with E-state index in [1.807, 2.05) is 20.8 Å². The zero-order chi connectivity index (χ0) is 12.9. The molecular weight excluding hydrogens is 222 g/mol. The van der Waals surface area contributed by atoms with Crippen molar-refractivity contribution in [3.8, 4) is 0 Å². The summed E-state index contributed by atoms with van der Waals surface area (Å²) < 4.78 is 15.7. The Morgan fingerprint density at radius 3 is 2.76 bits per heavy atom. The maximum Gasteiger partial charge on any atom is 0.252 e. The first-order chi connectivity index (χ1) is 7.95. The van der Waals surface area contributed by atoms with Crippen LogP contribution in [0.5, 0.6) is 0 Å². The van der Waals surface area contributed by atoms with Gasteiger partial charge in [-0.2, -0.15) is 4.98 Å². The second-order valence-corrected chi connectivity index (χ2v) is 4.43. The molecule has 0 saturated carbocycles. The Kier molecular flexibility index (Phi) is 5.04. The molecule has 0 bridgehead atoms. The molecule has 0 aromatic carbocycles. The minimum Gasteiger partial charge on any atom is -0.379 e. The molecule has 6 heteroatoms. The lowest BCUT2D eigenvalue weighted by atomic mass is 10.1. The Morgan fingerprint density at radius 2 is 2.18 bits per heavy atom. The van der Waals surface area contributed by atoms with Crippen molar-refractivity contribution in [2.75, 3.05) is 13.2 Å². The molecule has 1 rings (SSSR count). The second kappa shape index (κ2) is 6.09. The van der Waals surface area contributed by atoms with Crippen molar-refractivity contribution >= 4 is 0 Å². The minimum absolute atomic E-state index is 0.123. The van der Waals surface area contributed by atoms with Gasteiger partial charge >= 0.3 is 0 Å². The summed E-state index contributed by atoms with van der Waals surface area (Å²) >= 11 is 0. The molecule has 98 valence electrons. The van der Waals surface area contributed by atoms with Crippen LogP contribution in [0.4, 0.5) is 0 Å². The molecule has 1 atom stereocenters. The summed E-state index contributed by atoms with van der Waals surface area (Å²) in [6, 6.07) is 0. The molecule has 0 spiro atoms. The van der Waals surface area contributed by atoms with Crippen LogP contribution in [-0.2, 0) is 21.6 Å². The van der Waals surface area contributed by atoms with E-state index in [1.165, 1.54) is 0 Å². The predicted octanol–water partition coefficient (Wildman–Crippen LogP) is 1.20. The summed E-state index contributed by atoms with van der Waals surface area (Å²) in [6.45, 7) is 8.87. The molecule has 1 aromatic rings. The van der Waals surface area contributed by atoms with Gasteiger partial charge in [-0.15, -0.1) is 0 Å². The van der Waals surface area contributed by atoms with Crippen LogP contribution in [0.15, 0.2) is 4.52 Å². The molecule has 0 amide bonds. The lowest BCUT2D eigenvalue weighted by molar-refractivity contribution is 0.0485. The second-order valence-electron chi connectivity index (χ2n) is 4.43. The van der Waals surface area contributed by atoms with E-state index in [9.17, 15) is 0 Å². The topological polar surface area (TPSA) is 83.4 Å². The van der Waals surface area contributed by atoms with Gasteiger partial charge in [-0.1, -0.05) is 5.16 Å². The van der Waals surface area contributed by atoms with E-state index in [0.717, 1.165) is 0 Å². The number of nitrogens with two attached hydrogens (primary N) is 1. The van der Waals surface area contributed by atoms with Crippen LogP contribution in [0, 0.1) is 0 Å². The van der Waals surface area contributed by atoms with E-state index < -0.39 is 5.54 Å². The highest BCUT2D eigenvalue weighted by Crippen LogP contribution is 2.15. The minimum atomic E-state index is -0.740. The van der Waals surface area contributed by atoms with Gasteiger partial charge in [0.15, 0.2) is 5.82 Å². The van der Waals surface area contributed by atoms with E-state index in [0.29, 0.717) is 31.5 Å². The van der Waals surface area contributed by atoms with E-state index in [-0.39, 0.29) is 6.10 Å². The number of ether oxygens (including phenoxy) is 2. The van der Waals surface area contributed by atoms with Gasteiger partial charge in [0.25, 0.3) is 5.89 Å². The average Bonchev–Trinajstić information content (AvgIpc) is 2.73. The van der Waals surface area contributed by atoms with E-state index in [1.54, 1.807) is 6.92 Å². The average molecular weight is 243 g/mol. The number of nitrogens with zero attached hydrogens (tertiary/aromatic N) is 2. The number of aromatic nitrogens is 2. The SMILES string of the molecule is CCOCC(C)(N)c1noc(COC(C)C)n1. The van der Waals surface area contributed by atoms with Crippen LogP contribution in [0.1, 0.15) is 39.4 Å². The highest BCUT2D eigenvalue weighted by atomic mass is 16.5. The standard InChI is InChI=1S/C11H21N3O3/c1-5-15-7-11(4,12)10-13-9(17-14-10)6-16-8(2)3/h8H,5-7,12H2,1-4H3. The molecule has 0 aliphatic rings. The lowest BCUT2D eigenvalue weighted by Crippen LogP contribution is -2.39. The molecule has 17 heavy (non-hydrogen) atoms. The summed E-state index contributed by atoms with van der Waals surface area (Å²) in [5, 5.41) is 3.85. The van der Waals surface area contributed by atoms with Crippen LogP contribution >= 0.6 is 0 Å². The van der Waals surface area contributed by atoms with Gasteiger partial charge in [-0.3, -0.25) is 0 Å². The fraction of sp³-hybridized carbons (Fsp3) is 0.818. The fourth-order valence-electron chi connectivity index (χ4n) is 1.16. The summed E-state index contributed by atoms with van der Waals surface area (Å²) in [4.78, 5) is 4.20. The third kappa shape index (κ3) is 4.41. The Morgan fingerprint density at radius 1 is 1.47 bits per heavy atom. The van der Waals surface area contributed by atoms with Crippen LogP contribution in [0.2, 0.25) is 0 Å². The summed E-state index contributed by atoms with van der Waals surface area (Å²) in [5.74, 6) is 0.871. The van der Waals surface area contributed by atoms with Crippen LogP contribution in [0.25, 0.3) is 0 Å². The monoisotopic (exact) mass is 243 g/mol. The molecule has 0 aliphatic heterocycles. The number of hydrogen-bond donors (Lipinski definition) is 1. The van der Waals surface area contributed by atoms with Crippen molar-refractivity contribution in [1.82, 2.24) is 10.1 Å². The first kappa shape index (κ1) is 14.1. The summed E-state index contributed by atoms with van der Waals surface area (Å²) in [6.07, 6.45) is 0.123. The summed E-state index contributed by atoms with van der Waals surface area (Å²) in [5.41, 5.74) is 5.30. The van der Waals surface area contributed by atoms with Crippen molar-refractivity contribution in [3.05, 3.63) is 11.7 Å². The first-order valence-electron chi connectivity index (χ1n) is 5.77. The Bertz CT molecular complexity index is 336. The molecule has 1 heterocycles. The van der Waals surface area contributed by atoms with Crippen molar-refractivity contribution < 1.29 is 14.0 Å². The highest BCUT2D eigenvalue weighted by molar-refractivity contribution is 5.01. The molecule has 1 unspecified atom stereocenters. The van der Waals surface area contributed by atoms with Gasteiger partial charge in [0, 0.05) is 6.61 Å². The van der Waals surface area contributed by atoms with E-state index in [2.05, 4.69) is 10.1 Å². The lowest BCUT2D eigenvalue weighted by Gasteiger charge is -2.19. The number of rotatable bonds is 7. The smallest absolute Gasteiger partial charge is 0.252 e. The zero-order valence-corrected chi connectivity index (χ0v) is 10.9. The van der Waals surface area contributed by atoms with Gasteiger partial charge in [0.1, 0.15) is 12.1 Å². The van der Waals surface area contributed by atoms with Crippen molar-refractivity contribution in [2.45, 2.75) is 45.9 Å². The maximum absolute atomic E-state index is 6.04. The third-order valence-electron chi connectivity index (χ3n) is 2.13. The molecule has 6 nitrogen and oxygen atoms in total. The normalized spacial score (nSPS) is 15.2. The number of hydrogen-bond acceptors (Lipinski definition) is 6. The van der Waals surface area contributed by atoms with Crippen LogP contribution < -0.4 is 5.73 Å². The molecule has 0 saturated heterocycles. The quantitative estimate of drug-likeness (QED) is 0.774. The Balaban J connectivity index is 2.59. The van der Waals surface area contributed by atoms with E-state index >= 15 is 0 Å². The van der Waals surface area contributed by atoms with Gasteiger partial charge in [0.05, 0.1) is 12.7 Å². The van der Waals surface area contributed by atoms with Gasteiger partial charge in [-0.25, -0.2) is 0 Å². The van der Waals surface area contributed by atoms with Crippen LogP contribution in [-0.4, -0.2) is 29.5 Å². The molecule has 0 fully saturated rings. The third-order valence-corrected chi connectivity index (χ3v) is 2.13. The Hall–Kier alpha value is -0.980. The van der Waals surface area contributed by atoms with Gasteiger partial charge in [-0.05, 0) is 27.7 Å². The zero-order valence-electron chi connectivity index (χ0n) is 10.9. The molecule has 0 radical (unpaired) electrons. The molecule has 0 aliphatic carbocycles. The molecular formula is C11H21N3O3. The van der Waals surface area contributed by atoms with Gasteiger partial charge in [0.2, 0.25) is 0 Å². The van der Waals surface area contributed by atoms with Crippen molar-refractivity contribution in [3.63, 3.8) is 0 Å². The predicted molar refractivity (Wildman–Crippen MR) is 62.3 cm³/mol. The highest BCUT2D eigenvalue weighted by Gasteiger charge is 2.27. The Labute approximate surface area is 101 Å². The largest absolute Gasteiger partial charge is 0.379 e. The van der Waals surface area contributed by atoms with Crippen molar-refractivity contribution in [1.29, 1.82) is 0 Å². The van der Waals surface area contributed by atoms with Crippen LogP contribution in [0.3, 0.4) is 0 Å². The fourth-order valence-corrected chi connectivity index (χ4v) is 1.16. The van der Waals surface area contributed by atoms with Crippen molar-refractivity contribution in [2.24, 2.45) is 5.73 Å².